The van der Waals surface area contributed by atoms with Crippen LogP contribution < -0.4 is 5.32 Å². The molecule has 1 aliphatic carbocycles. The molecule has 1 aromatic carbocycles. The molecule has 21 heavy (non-hydrogen) atoms. The van der Waals surface area contributed by atoms with Crippen molar-refractivity contribution >= 4 is 41.2 Å². The highest BCUT2D eigenvalue weighted by Crippen LogP contribution is 2.28. The first-order chi connectivity index (χ1) is 10.1. The van der Waals surface area contributed by atoms with Gasteiger partial charge in [0.1, 0.15) is 6.54 Å². The molecule has 1 amide bonds. The zero-order valence-corrected chi connectivity index (χ0v) is 12.8. The Morgan fingerprint density at radius 3 is 2.81 bits per heavy atom. The fourth-order valence-corrected chi connectivity index (χ4v) is 1.95. The summed E-state index contributed by atoms with van der Waals surface area (Å²) >= 11 is 11.9. The molecule has 0 saturated heterocycles. The predicted molar refractivity (Wildman–Crippen MR) is 82.2 cm³/mol. The summed E-state index contributed by atoms with van der Waals surface area (Å²) in [7, 11) is 0. The smallest absolute Gasteiger partial charge is 0.325 e. The Hall–Kier alpha value is -1.52. The van der Waals surface area contributed by atoms with Gasteiger partial charge in [0.2, 0.25) is 5.91 Å². The van der Waals surface area contributed by atoms with E-state index in [0.29, 0.717) is 28.1 Å². The molecule has 1 saturated carbocycles. The molecule has 0 aromatic heterocycles. The summed E-state index contributed by atoms with van der Waals surface area (Å²) in [6.45, 7) is 0.307. The number of rotatable bonds is 6. The van der Waals surface area contributed by atoms with Gasteiger partial charge in [0.25, 0.3) is 0 Å². The van der Waals surface area contributed by atoms with E-state index in [-0.39, 0.29) is 6.54 Å². The number of esters is 1. The van der Waals surface area contributed by atoms with Gasteiger partial charge in [0.15, 0.2) is 0 Å². The molecule has 6 heteroatoms. The van der Waals surface area contributed by atoms with Crippen molar-refractivity contribution in [2.24, 2.45) is 5.92 Å². The van der Waals surface area contributed by atoms with Crippen LogP contribution in [-0.4, -0.2) is 25.0 Å². The number of benzene rings is 1. The van der Waals surface area contributed by atoms with Crippen LogP contribution in [0.4, 0.5) is 0 Å². The first-order valence-electron chi connectivity index (χ1n) is 6.62. The van der Waals surface area contributed by atoms with Crippen LogP contribution in [0, 0.1) is 5.92 Å². The molecule has 0 atom stereocenters. The molecule has 0 heterocycles. The Bertz CT molecular complexity index is 568. The second-order valence-corrected chi connectivity index (χ2v) is 5.61. The van der Waals surface area contributed by atoms with Gasteiger partial charge in [0.05, 0.1) is 16.7 Å². The SMILES string of the molecule is O=C(/C=C/c1cccc(Cl)c1Cl)NCC(=O)OCC1CC1. The minimum atomic E-state index is -0.426. The minimum Gasteiger partial charge on any atom is -0.464 e. The van der Waals surface area contributed by atoms with Crippen molar-refractivity contribution in [1.29, 1.82) is 0 Å². The topological polar surface area (TPSA) is 55.4 Å². The highest BCUT2D eigenvalue weighted by molar-refractivity contribution is 6.42. The van der Waals surface area contributed by atoms with Crippen LogP contribution in [0.15, 0.2) is 24.3 Å². The van der Waals surface area contributed by atoms with Crippen molar-refractivity contribution in [3.8, 4) is 0 Å². The molecule has 0 aliphatic heterocycles. The number of nitrogens with one attached hydrogen (secondary N) is 1. The molecule has 0 unspecified atom stereocenters. The van der Waals surface area contributed by atoms with E-state index in [9.17, 15) is 9.59 Å². The predicted octanol–water partition coefficient (Wildman–Crippen LogP) is 3.08. The molecule has 0 spiro atoms. The molecule has 1 aromatic rings. The summed E-state index contributed by atoms with van der Waals surface area (Å²) in [6.07, 6.45) is 5.07. The third-order valence-corrected chi connectivity index (χ3v) is 3.81. The molecule has 1 N–H and O–H groups in total. The fraction of sp³-hybridized carbons (Fsp3) is 0.333. The first kappa shape index (κ1) is 15.9. The summed E-state index contributed by atoms with van der Waals surface area (Å²) in [6, 6.07) is 5.14. The van der Waals surface area contributed by atoms with E-state index in [1.54, 1.807) is 24.3 Å². The molecule has 4 nitrogen and oxygen atoms in total. The lowest BCUT2D eigenvalue weighted by Gasteiger charge is -2.04. The van der Waals surface area contributed by atoms with Gasteiger partial charge in [-0.1, -0.05) is 35.3 Å². The quantitative estimate of drug-likeness (QED) is 0.645. The summed E-state index contributed by atoms with van der Waals surface area (Å²) in [5.74, 6) is -0.312. The number of carbonyl (C=O) groups is 2. The molecule has 2 rings (SSSR count). The lowest BCUT2D eigenvalue weighted by Crippen LogP contribution is -2.29. The van der Waals surface area contributed by atoms with Crippen LogP contribution >= 0.6 is 23.2 Å². The maximum Gasteiger partial charge on any atom is 0.325 e. The Kier molecular flexibility index (Phi) is 5.65. The van der Waals surface area contributed by atoms with Crippen LogP contribution in [0.25, 0.3) is 6.08 Å². The highest BCUT2D eigenvalue weighted by atomic mass is 35.5. The summed E-state index contributed by atoms with van der Waals surface area (Å²) in [5.41, 5.74) is 0.635. The average Bonchev–Trinajstić information content (AvgIpc) is 3.28. The molecular formula is C15H15Cl2NO3. The van der Waals surface area contributed by atoms with E-state index in [1.807, 2.05) is 0 Å². The maximum atomic E-state index is 11.6. The lowest BCUT2D eigenvalue weighted by molar-refractivity contribution is -0.144. The number of hydrogen-bond acceptors (Lipinski definition) is 3. The Morgan fingerprint density at radius 1 is 1.33 bits per heavy atom. The van der Waals surface area contributed by atoms with Gasteiger partial charge in [-0.25, -0.2) is 0 Å². The maximum absolute atomic E-state index is 11.6. The van der Waals surface area contributed by atoms with E-state index in [0.717, 1.165) is 12.8 Å². The number of carbonyl (C=O) groups excluding carboxylic acids is 2. The zero-order chi connectivity index (χ0) is 15.2. The lowest BCUT2D eigenvalue weighted by atomic mass is 10.2. The van der Waals surface area contributed by atoms with Crippen LogP contribution in [-0.2, 0) is 14.3 Å². The largest absolute Gasteiger partial charge is 0.464 e. The van der Waals surface area contributed by atoms with E-state index in [1.165, 1.54) is 6.08 Å². The van der Waals surface area contributed by atoms with Gasteiger partial charge < -0.3 is 10.1 Å². The minimum absolute atomic E-state index is 0.140. The highest BCUT2D eigenvalue weighted by Gasteiger charge is 2.22. The van der Waals surface area contributed by atoms with Gasteiger partial charge in [-0.15, -0.1) is 0 Å². The van der Waals surface area contributed by atoms with Gasteiger partial charge >= 0.3 is 5.97 Å². The third kappa shape index (κ3) is 5.40. The Labute approximate surface area is 133 Å². The molecule has 112 valence electrons. The van der Waals surface area contributed by atoms with Crippen LogP contribution in [0.3, 0.4) is 0 Å². The number of amides is 1. The van der Waals surface area contributed by atoms with Crippen molar-refractivity contribution in [3.63, 3.8) is 0 Å². The molecular weight excluding hydrogens is 313 g/mol. The number of halogens is 2. The van der Waals surface area contributed by atoms with Gasteiger partial charge in [-0.3, -0.25) is 9.59 Å². The second-order valence-electron chi connectivity index (χ2n) is 4.82. The van der Waals surface area contributed by atoms with Crippen LogP contribution in [0.1, 0.15) is 18.4 Å². The van der Waals surface area contributed by atoms with Gasteiger partial charge in [-0.2, -0.15) is 0 Å². The molecule has 0 radical (unpaired) electrons. The van der Waals surface area contributed by atoms with E-state index >= 15 is 0 Å². The van der Waals surface area contributed by atoms with E-state index in [2.05, 4.69) is 5.32 Å². The van der Waals surface area contributed by atoms with Crippen molar-refractivity contribution in [2.75, 3.05) is 13.2 Å². The molecule has 1 fully saturated rings. The number of ether oxygens (including phenoxy) is 1. The zero-order valence-electron chi connectivity index (χ0n) is 11.3. The Morgan fingerprint density at radius 2 is 2.10 bits per heavy atom. The van der Waals surface area contributed by atoms with E-state index < -0.39 is 11.9 Å². The monoisotopic (exact) mass is 327 g/mol. The van der Waals surface area contributed by atoms with Crippen molar-refractivity contribution in [2.45, 2.75) is 12.8 Å². The van der Waals surface area contributed by atoms with Crippen LogP contribution in [0.5, 0.6) is 0 Å². The van der Waals surface area contributed by atoms with Gasteiger partial charge in [-0.05, 0) is 36.5 Å². The number of hydrogen-bond donors (Lipinski definition) is 1. The normalized spacial score (nSPS) is 14.2. The fourth-order valence-electron chi connectivity index (χ4n) is 1.58. The summed E-state index contributed by atoms with van der Waals surface area (Å²) in [4.78, 5) is 22.9. The third-order valence-electron chi connectivity index (χ3n) is 2.98. The van der Waals surface area contributed by atoms with E-state index in [4.69, 9.17) is 27.9 Å². The Balaban J connectivity index is 1.76. The van der Waals surface area contributed by atoms with Crippen molar-refractivity contribution in [1.82, 2.24) is 5.32 Å². The average molecular weight is 328 g/mol. The summed E-state index contributed by atoms with van der Waals surface area (Å²) in [5, 5.41) is 3.26. The standard InChI is InChI=1S/C15H15Cl2NO3/c16-12-3-1-2-11(15(12)17)6-7-13(19)18-8-14(20)21-9-10-4-5-10/h1-3,6-7,10H,4-5,8-9H2,(H,18,19)/b7-6+. The first-order valence-corrected chi connectivity index (χ1v) is 7.37. The van der Waals surface area contributed by atoms with Crippen molar-refractivity contribution < 1.29 is 14.3 Å². The second kappa shape index (κ2) is 7.48. The summed E-state index contributed by atoms with van der Waals surface area (Å²) < 4.78 is 5.00. The van der Waals surface area contributed by atoms with Gasteiger partial charge in [0, 0.05) is 6.08 Å². The van der Waals surface area contributed by atoms with Crippen LogP contribution in [0.2, 0.25) is 10.0 Å². The molecule has 0 bridgehead atoms. The van der Waals surface area contributed by atoms with Crippen molar-refractivity contribution in [3.05, 3.63) is 39.9 Å². The molecule has 1 aliphatic rings.